The van der Waals surface area contributed by atoms with E-state index < -0.39 is 33.3 Å². The van der Waals surface area contributed by atoms with Gasteiger partial charge in [-0.3, -0.25) is 4.72 Å². The Hall–Kier alpha value is -2.62. The first-order valence-corrected chi connectivity index (χ1v) is 11.0. The van der Waals surface area contributed by atoms with Crippen LogP contribution in [0.4, 0.5) is 10.1 Å². The monoisotopic (exact) mass is 513 g/mol. The van der Waals surface area contributed by atoms with Crippen LogP contribution in [0.25, 0.3) is 11.1 Å². The number of carbonyl (C=O) groups is 1. The average Bonchev–Trinajstić information content (AvgIpc) is 2.69. The van der Waals surface area contributed by atoms with Gasteiger partial charge in [-0.25, -0.2) is 17.6 Å². The fourth-order valence-corrected chi connectivity index (χ4v) is 5.00. The molecule has 0 aromatic heterocycles. The first-order valence-electron chi connectivity index (χ1n) is 8.39. The van der Waals surface area contributed by atoms with Gasteiger partial charge in [0.15, 0.2) is 12.4 Å². The molecule has 6 nitrogen and oxygen atoms in total. The Bertz CT molecular complexity index is 1210. The minimum atomic E-state index is -4.38. The third-order valence-corrected chi connectivity index (χ3v) is 6.10. The number of aliphatic carboxylic acids is 1. The summed E-state index contributed by atoms with van der Waals surface area (Å²) in [7, 11) is -4.38. The van der Waals surface area contributed by atoms with Crippen LogP contribution in [0, 0.1) is 5.82 Å². The quantitative estimate of drug-likeness (QED) is 0.454. The summed E-state index contributed by atoms with van der Waals surface area (Å²) in [6, 6.07) is 15.5. The number of carboxylic acid groups (broad SMARTS) is 1. The van der Waals surface area contributed by atoms with Crippen LogP contribution in [0.1, 0.15) is 0 Å². The molecule has 0 saturated heterocycles. The van der Waals surface area contributed by atoms with E-state index in [1.807, 2.05) is 6.07 Å². The lowest BCUT2D eigenvalue weighted by Crippen LogP contribution is -2.17. The van der Waals surface area contributed by atoms with Crippen LogP contribution in [0.3, 0.4) is 0 Å². The molecule has 0 saturated carbocycles. The van der Waals surface area contributed by atoms with Crippen LogP contribution in [-0.2, 0) is 14.8 Å². The van der Waals surface area contributed by atoms with Crippen molar-refractivity contribution >= 4 is 49.2 Å². The summed E-state index contributed by atoms with van der Waals surface area (Å²) in [5.74, 6) is -2.34. The Balaban J connectivity index is 2.02. The molecular formula is C20H14BrClFNO5S. The maximum Gasteiger partial charge on any atom is 0.341 e. The van der Waals surface area contributed by atoms with Crippen molar-refractivity contribution in [2.24, 2.45) is 0 Å². The molecule has 0 unspecified atom stereocenters. The van der Waals surface area contributed by atoms with E-state index in [9.17, 15) is 17.6 Å². The number of anilines is 1. The van der Waals surface area contributed by atoms with Crippen LogP contribution in [0.15, 0.2) is 70.0 Å². The second-order valence-corrected chi connectivity index (χ2v) is 9.01. The fraction of sp³-hybridized carbons (Fsp3) is 0.0500. The van der Waals surface area contributed by atoms with E-state index in [0.717, 1.165) is 17.7 Å². The summed E-state index contributed by atoms with van der Waals surface area (Å²) < 4.78 is 47.8. The van der Waals surface area contributed by atoms with Crippen molar-refractivity contribution in [3.05, 3.63) is 76.0 Å². The van der Waals surface area contributed by atoms with Crippen molar-refractivity contribution < 1.29 is 27.4 Å². The number of ether oxygens (including phenoxy) is 1. The Kier molecular flexibility index (Phi) is 6.64. The van der Waals surface area contributed by atoms with Gasteiger partial charge in [0.1, 0.15) is 10.7 Å². The SMILES string of the molecule is O=C(O)COc1c(Br)cc(Cl)cc1S(=O)(=O)Nc1cc(-c2ccccc2)ccc1F. The van der Waals surface area contributed by atoms with Gasteiger partial charge in [-0.1, -0.05) is 48.0 Å². The van der Waals surface area contributed by atoms with Gasteiger partial charge in [0.05, 0.1) is 10.2 Å². The molecule has 0 amide bonds. The lowest BCUT2D eigenvalue weighted by Gasteiger charge is -2.15. The molecule has 0 spiro atoms. The zero-order valence-electron chi connectivity index (χ0n) is 15.1. The fourth-order valence-electron chi connectivity index (χ4n) is 2.62. The minimum Gasteiger partial charge on any atom is -0.479 e. The number of nitrogens with one attached hydrogen (secondary N) is 1. The van der Waals surface area contributed by atoms with Crippen molar-refractivity contribution in [3.63, 3.8) is 0 Å². The molecule has 156 valence electrons. The highest BCUT2D eigenvalue weighted by molar-refractivity contribution is 9.10. The van der Waals surface area contributed by atoms with E-state index >= 15 is 0 Å². The molecule has 10 heteroatoms. The first-order chi connectivity index (χ1) is 14.2. The van der Waals surface area contributed by atoms with Crippen molar-refractivity contribution in [2.45, 2.75) is 4.90 Å². The lowest BCUT2D eigenvalue weighted by molar-refractivity contribution is -0.139. The second kappa shape index (κ2) is 9.03. The third kappa shape index (κ3) is 5.10. The van der Waals surface area contributed by atoms with Crippen molar-refractivity contribution in [1.82, 2.24) is 0 Å². The average molecular weight is 515 g/mol. The van der Waals surface area contributed by atoms with Gasteiger partial charge in [-0.05, 0) is 51.3 Å². The van der Waals surface area contributed by atoms with E-state index in [0.29, 0.717) is 5.56 Å². The zero-order valence-corrected chi connectivity index (χ0v) is 18.3. The summed E-state index contributed by atoms with van der Waals surface area (Å²) >= 11 is 9.08. The molecule has 3 rings (SSSR count). The normalized spacial score (nSPS) is 11.2. The molecule has 3 aromatic rings. The van der Waals surface area contributed by atoms with E-state index in [1.165, 1.54) is 18.2 Å². The summed E-state index contributed by atoms with van der Waals surface area (Å²) in [5, 5.41) is 8.90. The molecule has 0 radical (unpaired) electrons. The molecule has 0 aliphatic heterocycles. The van der Waals surface area contributed by atoms with Crippen LogP contribution < -0.4 is 9.46 Å². The van der Waals surface area contributed by atoms with E-state index in [4.69, 9.17) is 21.4 Å². The van der Waals surface area contributed by atoms with Gasteiger partial charge in [0.2, 0.25) is 0 Å². The van der Waals surface area contributed by atoms with Crippen molar-refractivity contribution in [2.75, 3.05) is 11.3 Å². The molecular weight excluding hydrogens is 501 g/mol. The smallest absolute Gasteiger partial charge is 0.341 e. The first kappa shape index (κ1) is 22.1. The zero-order chi connectivity index (χ0) is 21.9. The number of benzene rings is 3. The molecule has 0 aliphatic carbocycles. The predicted octanol–water partition coefficient (Wildman–Crippen LogP) is 5.17. The third-order valence-electron chi connectivity index (χ3n) is 3.92. The van der Waals surface area contributed by atoms with Crippen LogP contribution >= 0.6 is 27.5 Å². The standard InChI is InChI=1S/C20H14BrClFNO5S/c21-15-9-14(22)10-18(20(15)29-11-19(25)26)30(27,28)24-17-8-13(6-7-16(17)23)12-4-2-1-3-5-12/h1-10,24H,11H2,(H,25,26). The number of hydrogen-bond donors (Lipinski definition) is 2. The topological polar surface area (TPSA) is 92.7 Å². The Morgan fingerprint density at radius 1 is 1.10 bits per heavy atom. The molecule has 0 atom stereocenters. The Morgan fingerprint density at radius 2 is 1.80 bits per heavy atom. The molecule has 0 fully saturated rings. The van der Waals surface area contributed by atoms with Gasteiger partial charge in [0, 0.05) is 5.02 Å². The Morgan fingerprint density at radius 3 is 2.47 bits per heavy atom. The summed E-state index contributed by atoms with van der Waals surface area (Å²) in [4.78, 5) is 10.4. The van der Waals surface area contributed by atoms with Crippen LogP contribution in [0.5, 0.6) is 5.75 Å². The second-order valence-electron chi connectivity index (χ2n) is 6.06. The highest BCUT2D eigenvalue weighted by Gasteiger charge is 2.25. The Labute approximate surface area is 185 Å². The van der Waals surface area contributed by atoms with Crippen molar-refractivity contribution in [1.29, 1.82) is 0 Å². The lowest BCUT2D eigenvalue weighted by atomic mass is 10.1. The predicted molar refractivity (Wildman–Crippen MR) is 115 cm³/mol. The highest BCUT2D eigenvalue weighted by atomic mass is 79.9. The van der Waals surface area contributed by atoms with E-state index in [-0.39, 0.29) is 20.9 Å². The van der Waals surface area contributed by atoms with Gasteiger partial charge in [-0.15, -0.1) is 0 Å². The van der Waals surface area contributed by atoms with Crippen molar-refractivity contribution in [3.8, 4) is 16.9 Å². The maximum atomic E-state index is 14.4. The molecule has 3 aromatic carbocycles. The van der Waals surface area contributed by atoms with Gasteiger partial charge < -0.3 is 9.84 Å². The van der Waals surface area contributed by atoms with Gasteiger partial charge in [-0.2, -0.15) is 0 Å². The number of carboxylic acids is 1. The maximum absolute atomic E-state index is 14.4. The van der Waals surface area contributed by atoms with Crippen LogP contribution in [0.2, 0.25) is 5.02 Å². The summed E-state index contributed by atoms with van der Waals surface area (Å²) in [6.07, 6.45) is 0. The molecule has 0 bridgehead atoms. The van der Waals surface area contributed by atoms with E-state index in [1.54, 1.807) is 24.3 Å². The number of rotatable bonds is 7. The number of hydrogen-bond acceptors (Lipinski definition) is 4. The van der Waals surface area contributed by atoms with E-state index in [2.05, 4.69) is 20.7 Å². The summed E-state index contributed by atoms with van der Waals surface area (Å²) in [6.45, 7) is -0.777. The van der Waals surface area contributed by atoms with Gasteiger partial charge >= 0.3 is 5.97 Å². The minimum absolute atomic E-state index is 0.0587. The largest absolute Gasteiger partial charge is 0.479 e. The molecule has 2 N–H and O–H groups in total. The van der Waals surface area contributed by atoms with Gasteiger partial charge in [0.25, 0.3) is 10.0 Å². The summed E-state index contributed by atoms with van der Waals surface area (Å²) in [5.41, 5.74) is 1.09. The number of halogens is 3. The molecule has 0 aliphatic rings. The van der Waals surface area contributed by atoms with Crippen LogP contribution in [-0.4, -0.2) is 26.1 Å². The molecule has 0 heterocycles. The molecule has 30 heavy (non-hydrogen) atoms. The number of sulfonamides is 1. The highest BCUT2D eigenvalue weighted by Crippen LogP contribution is 2.37.